The molecule has 3 unspecified atom stereocenters. The second-order valence-corrected chi connectivity index (χ2v) is 4.85. The molecule has 0 aliphatic heterocycles. The van der Waals surface area contributed by atoms with Gasteiger partial charge in [-0.05, 0) is 31.1 Å². The van der Waals surface area contributed by atoms with Gasteiger partial charge in [0, 0.05) is 18.9 Å². The van der Waals surface area contributed by atoms with Crippen LogP contribution in [0.5, 0.6) is 0 Å². The highest BCUT2D eigenvalue weighted by Crippen LogP contribution is 2.52. The molecule has 3 atom stereocenters. The van der Waals surface area contributed by atoms with E-state index in [4.69, 9.17) is 10.2 Å². The Morgan fingerprint density at radius 2 is 2.20 bits per heavy atom. The molecule has 4 nitrogen and oxygen atoms in total. The molecule has 2 aliphatic rings. The topological polar surface area (TPSA) is 64.9 Å². The highest BCUT2D eigenvalue weighted by Gasteiger charge is 2.42. The maximum Gasteiger partial charge on any atom is 0.219 e. The van der Waals surface area contributed by atoms with Crippen molar-refractivity contribution < 1.29 is 4.42 Å². The summed E-state index contributed by atoms with van der Waals surface area (Å²) in [6, 6.07) is 0. The zero-order valence-electron chi connectivity index (χ0n) is 8.85. The predicted molar refractivity (Wildman–Crippen MR) is 55.2 cm³/mol. The van der Waals surface area contributed by atoms with Crippen LogP contribution >= 0.6 is 0 Å². The van der Waals surface area contributed by atoms with E-state index >= 15 is 0 Å². The molecule has 15 heavy (non-hydrogen) atoms. The van der Waals surface area contributed by atoms with Gasteiger partial charge in [-0.3, -0.25) is 0 Å². The van der Waals surface area contributed by atoms with Crippen molar-refractivity contribution in [3.8, 4) is 0 Å². The second kappa shape index (κ2) is 3.59. The van der Waals surface area contributed by atoms with Crippen molar-refractivity contribution in [3.05, 3.63) is 11.8 Å². The Balaban J connectivity index is 1.75. The molecule has 2 saturated carbocycles. The van der Waals surface area contributed by atoms with Gasteiger partial charge in [0.05, 0.1) is 0 Å². The van der Waals surface area contributed by atoms with Crippen LogP contribution < -0.4 is 5.73 Å². The number of fused-ring (bicyclic) bond motifs is 2. The van der Waals surface area contributed by atoms with Gasteiger partial charge in [0.15, 0.2) is 0 Å². The van der Waals surface area contributed by atoms with E-state index in [2.05, 4.69) is 10.2 Å². The van der Waals surface area contributed by atoms with Crippen LogP contribution in [-0.2, 0) is 6.42 Å². The molecule has 2 bridgehead atoms. The normalized spacial score (nSPS) is 33.8. The van der Waals surface area contributed by atoms with Crippen LogP contribution in [0, 0.1) is 11.8 Å². The number of hydrogen-bond donors (Lipinski definition) is 1. The molecule has 0 spiro atoms. The van der Waals surface area contributed by atoms with E-state index in [1.54, 1.807) is 0 Å². The van der Waals surface area contributed by atoms with Crippen molar-refractivity contribution in [2.24, 2.45) is 17.6 Å². The summed E-state index contributed by atoms with van der Waals surface area (Å²) >= 11 is 0. The SMILES string of the molecule is NCCc1nnc(C2CC3CCC2C3)o1. The molecule has 1 aromatic heterocycles. The molecule has 0 aromatic carbocycles. The summed E-state index contributed by atoms with van der Waals surface area (Å²) in [6.45, 7) is 0.582. The molecule has 0 saturated heterocycles. The van der Waals surface area contributed by atoms with Gasteiger partial charge in [0.1, 0.15) is 0 Å². The van der Waals surface area contributed by atoms with Gasteiger partial charge in [0.2, 0.25) is 11.8 Å². The van der Waals surface area contributed by atoms with E-state index in [-0.39, 0.29) is 0 Å². The first-order valence-electron chi connectivity index (χ1n) is 5.89. The lowest BCUT2D eigenvalue weighted by atomic mass is 9.89. The number of rotatable bonds is 3. The Morgan fingerprint density at radius 3 is 2.87 bits per heavy atom. The fourth-order valence-corrected chi connectivity index (χ4v) is 3.19. The minimum Gasteiger partial charge on any atom is -0.425 e. The third-order valence-corrected chi connectivity index (χ3v) is 3.90. The number of hydrogen-bond acceptors (Lipinski definition) is 4. The average Bonchev–Trinajstić information content (AvgIpc) is 2.91. The molecule has 1 aromatic rings. The summed E-state index contributed by atoms with van der Waals surface area (Å²) in [5, 5.41) is 8.20. The number of nitrogens with two attached hydrogens (primary N) is 1. The van der Waals surface area contributed by atoms with Gasteiger partial charge in [-0.2, -0.15) is 0 Å². The van der Waals surface area contributed by atoms with Crippen LogP contribution in [0.3, 0.4) is 0 Å². The molecule has 0 radical (unpaired) electrons. The van der Waals surface area contributed by atoms with Gasteiger partial charge in [-0.15, -0.1) is 10.2 Å². The van der Waals surface area contributed by atoms with E-state index in [1.165, 1.54) is 25.7 Å². The minimum atomic E-state index is 0.544. The van der Waals surface area contributed by atoms with Crippen LogP contribution in [-0.4, -0.2) is 16.7 Å². The molecule has 4 heteroatoms. The lowest BCUT2D eigenvalue weighted by Crippen LogP contribution is -2.08. The highest BCUT2D eigenvalue weighted by atomic mass is 16.4. The molecule has 2 aliphatic carbocycles. The predicted octanol–water partition coefficient (Wildman–Crippen LogP) is 1.47. The number of nitrogens with zero attached hydrogens (tertiary/aromatic N) is 2. The molecular formula is C11H17N3O. The highest BCUT2D eigenvalue weighted by molar-refractivity contribution is 5.04. The van der Waals surface area contributed by atoms with Gasteiger partial charge >= 0.3 is 0 Å². The van der Waals surface area contributed by atoms with E-state index in [1.807, 2.05) is 0 Å². The third kappa shape index (κ3) is 1.57. The van der Waals surface area contributed by atoms with Gasteiger partial charge in [-0.25, -0.2) is 0 Å². The summed E-state index contributed by atoms with van der Waals surface area (Å²) in [5.74, 6) is 3.84. The maximum absolute atomic E-state index is 5.66. The lowest BCUT2D eigenvalue weighted by Gasteiger charge is -2.17. The zero-order chi connectivity index (χ0) is 10.3. The summed E-state index contributed by atoms with van der Waals surface area (Å²) < 4.78 is 5.66. The summed E-state index contributed by atoms with van der Waals surface area (Å²) in [4.78, 5) is 0. The summed E-state index contributed by atoms with van der Waals surface area (Å²) in [6.07, 6.45) is 6.09. The Labute approximate surface area is 89.2 Å². The maximum atomic E-state index is 5.66. The Kier molecular flexibility index (Phi) is 2.24. The Morgan fingerprint density at radius 1 is 1.27 bits per heavy atom. The van der Waals surface area contributed by atoms with Gasteiger partial charge in [0.25, 0.3) is 0 Å². The Hall–Kier alpha value is -0.900. The van der Waals surface area contributed by atoms with Gasteiger partial charge in [-0.1, -0.05) is 6.42 Å². The fraction of sp³-hybridized carbons (Fsp3) is 0.818. The van der Waals surface area contributed by atoms with Crippen LogP contribution in [0.4, 0.5) is 0 Å². The van der Waals surface area contributed by atoms with E-state index in [0.29, 0.717) is 24.8 Å². The minimum absolute atomic E-state index is 0.544. The van der Waals surface area contributed by atoms with E-state index < -0.39 is 0 Å². The second-order valence-electron chi connectivity index (χ2n) is 4.85. The first-order valence-corrected chi connectivity index (χ1v) is 5.89. The first-order chi connectivity index (χ1) is 7.36. The zero-order valence-corrected chi connectivity index (χ0v) is 8.85. The molecule has 0 amide bonds. The molecule has 3 rings (SSSR count). The molecule has 2 N–H and O–H groups in total. The van der Waals surface area contributed by atoms with Crippen LogP contribution in [0.2, 0.25) is 0 Å². The fourth-order valence-electron chi connectivity index (χ4n) is 3.19. The quantitative estimate of drug-likeness (QED) is 0.815. The molecule has 1 heterocycles. The van der Waals surface area contributed by atoms with E-state index in [0.717, 1.165) is 17.7 Å². The largest absolute Gasteiger partial charge is 0.425 e. The van der Waals surface area contributed by atoms with Crippen LogP contribution in [0.15, 0.2) is 4.42 Å². The van der Waals surface area contributed by atoms with Gasteiger partial charge < -0.3 is 10.2 Å². The molecule has 82 valence electrons. The van der Waals surface area contributed by atoms with Crippen LogP contribution in [0.1, 0.15) is 43.4 Å². The third-order valence-electron chi connectivity index (χ3n) is 3.90. The van der Waals surface area contributed by atoms with Crippen molar-refractivity contribution >= 4 is 0 Å². The smallest absolute Gasteiger partial charge is 0.219 e. The standard InChI is InChI=1S/C11H17N3O/c12-4-3-10-13-14-11(15-10)9-6-7-1-2-8(9)5-7/h7-9H,1-6,12H2. The molecular weight excluding hydrogens is 190 g/mol. The average molecular weight is 207 g/mol. The monoisotopic (exact) mass is 207 g/mol. The van der Waals surface area contributed by atoms with Crippen LogP contribution in [0.25, 0.3) is 0 Å². The Bertz CT molecular complexity index is 349. The van der Waals surface area contributed by atoms with Crippen molar-refractivity contribution in [1.29, 1.82) is 0 Å². The first kappa shape index (κ1) is 9.33. The molecule has 2 fully saturated rings. The van der Waals surface area contributed by atoms with Crippen molar-refractivity contribution in [2.75, 3.05) is 6.54 Å². The van der Waals surface area contributed by atoms with Crippen molar-refractivity contribution in [2.45, 2.75) is 38.0 Å². The van der Waals surface area contributed by atoms with Crippen molar-refractivity contribution in [3.63, 3.8) is 0 Å². The van der Waals surface area contributed by atoms with Crippen molar-refractivity contribution in [1.82, 2.24) is 10.2 Å². The summed E-state index contributed by atoms with van der Waals surface area (Å²) in [7, 11) is 0. The summed E-state index contributed by atoms with van der Waals surface area (Å²) in [5.41, 5.74) is 5.46. The van der Waals surface area contributed by atoms with E-state index in [9.17, 15) is 0 Å². The lowest BCUT2D eigenvalue weighted by molar-refractivity contribution is 0.335. The number of aromatic nitrogens is 2.